The Kier molecular flexibility index (Phi) is 6.13. The minimum atomic E-state index is 1.09. The van der Waals surface area contributed by atoms with Crippen LogP contribution in [-0.2, 0) is 6.42 Å². The first-order valence-corrected chi connectivity index (χ1v) is 5.71. The first-order valence-electron chi connectivity index (χ1n) is 5.71. The first kappa shape index (κ1) is 11.3. The molecule has 0 atom stereocenters. The molecule has 14 heavy (non-hydrogen) atoms. The van der Waals surface area contributed by atoms with E-state index in [4.69, 9.17) is 0 Å². The van der Waals surface area contributed by atoms with Gasteiger partial charge in [0.25, 0.3) is 0 Å². The molecule has 0 aliphatic rings. The van der Waals surface area contributed by atoms with Crippen molar-refractivity contribution in [2.75, 3.05) is 0 Å². The maximum absolute atomic E-state index is 4.20. The van der Waals surface area contributed by atoms with Crippen LogP contribution in [0.3, 0.4) is 0 Å². The van der Waals surface area contributed by atoms with Crippen LogP contribution in [0.2, 0.25) is 0 Å². The predicted molar refractivity (Wildman–Crippen MR) is 60.0 cm³/mol. The molecule has 0 aliphatic heterocycles. The third kappa shape index (κ3) is 5.05. The largest absolute Gasteiger partial charge is 0.349 e. The van der Waals surface area contributed by atoms with Gasteiger partial charge in [0.2, 0.25) is 0 Å². The Bertz CT molecular complexity index is 204. The van der Waals surface area contributed by atoms with E-state index in [0.717, 1.165) is 18.7 Å². The summed E-state index contributed by atoms with van der Waals surface area (Å²) in [5, 5.41) is 0. The summed E-state index contributed by atoms with van der Waals surface area (Å²) in [4.78, 5) is 7.33. The smallest absolute Gasteiger partial charge is 0.105 e. The van der Waals surface area contributed by atoms with Gasteiger partial charge < -0.3 is 4.98 Å². The summed E-state index contributed by atoms with van der Waals surface area (Å²) in [6.45, 7) is 3.84. The van der Waals surface area contributed by atoms with Crippen molar-refractivity contribution in [1.29, 1.82) is 0 Å². The lowest BCUT2D eigenvalue weighted by Gasteiger charge is -1.99. The van der Waals surface area contributed by atoms with Gasteiger partial charge >= 0.3 is 0 Å². The van der Waals surface area contributed by atoms with E-state index in [9.17, 15) is 0 Å². The van der Waals surface area contributed by atoms with Crippen LogP contribution in [0, 0.1) is 6.92 Å². The van der Waals surface area contributed by atoms with Crippen molar-refractivity contribution >= 4 is 0 Å². The number of aromatic nitrogens is 2. The van der Waals surface area contributed by atoms with Crippen molar-refractivity contribution in [3.63, 3.8) is 0 Å². The fourth-order valence-electron chi connectivity index (χ4n) is 1.61. The Labute approximate surface area is 87.1 Å². The number of hydrogen-bond donors (Lipinski definition) is 1. The molecule has 0 unspecified atom stereocenters. The SMILES string of the molecule is [CH2]CCCCCCCCc1ncc[nH]1. The third-order valence-corrected chi connectivity index (χ3v) is 2.47. The van der Waals surface area contributed by atoms with Gasteiger partial charge in [-0.2, -0.15) is 0 Å². The summed E-state index contributed by atoms with van der Waals surface area (Å²) >= 11 is 0. The van der Waals surface area contributed by atoms with Crippen molar-refractivity contribution < 1.29 is 0 Å². The molecule has 1 aromatic rings. The standard InChI is InChI=1S/C12H21N2/c1-2-3-4-5-6-7-8-9-12-13-10-11-14-12/h10-11H,1-9H2,(H,13,14). The molecule has 1 heterocycles. The highest BCUT2D eigenvalue weighted by atomic mass is 14.9. The lowest BCUT2D eigenvalue weighted by atomic mass is 10.1. The number of nitrogens with zero attached hydrogens (tertiary/aromatic N) is 1. The topological polar surface area (TPSA) is 28.7 Å². The number of rotatable bonds is 8. The molecule has 0 spiro atoms. The van der Waals surface area contributed by atoms with Gasteiger partial charge in [-0.15, -0.1) is 0 Å². The zero-order chi connectivity index (χ0) is 10.1. The Morgan fingerprint density at radius 1 is 1.07 bits per heavy atom. The number of imidazole rings is 1. The van der Waals surface area contributed by atoms with Gasteiger partial charge in [0, 0.05) is 18.8 Å². The first-order chi connectivity index (χ1) is 6.93. The van der Waals surface area contributed by atoms with E-state index in [2.05, 4.69) is 16.9 Å². The number of unbranched alkanes of at least 4 members (excludes halogenated alkanes) is 6. The molecule has 1 aromatic heterocycles. The Balaban J connectivity index is 1.85. The van der Waals surface area contributed by atoms with Crippen LogP contribution < -0.4 is 0 Å². The molecule has 2 nitrogen and oxygen atoms in total. The molecule has 0 saturated carbocycles. The summed E-state index contributed by atoms with van der Waals surface area (Å²) in [5.74, 6) is 1.13. The second kappa shape index (κ2) is 7.60. The summed E-state index contributed by atoms with van der Waals surface area (Å²) < 4.78 is 0. The highest BCUT2D eigenvalue weighted by Gasteiger charge is 1.94. The lowest BCUT2D eigenvalue weighted by molar-refractivity contribution is 0.592. The fraction of sp³-hybridized carbons (Fsp3) is 0.667. The summed E-state index contributed by atoms with van der Waals surface area (Å²) in [6, 6.07) is 0. The molecule has 0 bridgehead atoms. The second-order valence-electron chi connectivity index (χ2n) is 3.76. The fourth-order valence-corrected chi connectivity index (χ4v) is 1.61. The average molecular weight is 193 g/mol. The zero-order valence-electron chi connectivity index (χ0n) is 8.97. The molecule has 0 aromatic carbocycles. The van der Waals surface area contributed by atoms with Gasteiger partial charge in [0.15, 0.2) is 0 Å². The predicted octanol–water partition coefficient (Wildman–Crippen LogP) is 3.52. The van der Waals surface area contributed by atoms with Crippen LogP contribution in [0.15, 0.2) is 12.4 Å². The molecule has 1 rings (SSSR count). The molecule has 0 fully saturated rings. The van der Waals surface area contributed by atoms with Crippen LogP contribution in [0.1, 0.15) is 50.8 Å². The minimum Gasteiger partial charge on any atom is -0.349 e. The van der Waals surface area contributed by atoms with Crippen molar-refractivity contribution in [2.45, 2.75) is 51.4 Å². The van der Waals surface area contributed by atoms with Crippen molar-refractivity contribution in [3.8, 4) is 0 Å². The number of H-pyrrole nitrogens is 1. The van der Waals surface area contributed by atoms with E-state index in [0.29, 0.717) is 0 Å². The van der Waals surface area contributed by atoms with E-state index >= 15 is 0 Å². The Morgan fingerprint density at radius 2 is 1.79 bits per heavy atom. The monoisotopic (exact) mass is 193 g/mol. The number of aromatic amines is 1. The molecule has 0 aliphatic carbocycles. The normalized spacial score (nSPS) is 10.6. The maximum atomic E-state index is 4.20. The van der Waals surface area contributed by atoms with Crippen LogP contribution in [0.5, 0.6) is 0 Å². The van der Waals surface area contributed by atoms with Crippen LogP contribution in [0.25, 0.3) is 0 Å². The van der Waals surface area contributed by atoms with E-state index < -0.39 is 0 Å². The van der Waals surface area contributed by atoms with Crippen molar-refractivity contribution in [3.05, 3.63) is 25.1 Å². The van der Waals surface area contributed by atoms with Crippen molar-refractivity contribution in [2.24, 2.45) is 0 Å². The molecule has 0 amide bonds. The number of nitrogens with one attached hydrogen (secondary N) is 1. The van der Waals surface area contributed by atoms with Gasteiger partial charge in [-0.25, -0.2) is 4.98 Å². The molecule has 0 saturated heterocycles. The Morgan fingerprint density at radius 3 is 2.43 bits per heavy atom. The summed E-state index contributed by atoms with van der Waals surface area (Å²) in [5.41, 5.74) is 0. The third-order valence-electron chi connectivity index (χ3n) is 2.47. The van der Waals surface area contributed by atoms with Crippen LogP contribution >= 0.6 is 0 Å². The quantitative estimate of drug-likeness (QED) is 0.629. The van der Waals surface area contributed by atoms with Crippen LogP contribution in [0.4, 0.5) is 0 Å². The Hall–Kier alpha value is -0.790. The number of hydrogen-bond acceptors (Lipinski definition) is 1. The molecule has 2 heteroatoms. The van der Waals surface area contributed by atoms with E-state index in [1.165, 1.54) is 38.5 Å². The zero-order valence-corrected chi connectivity index (χ0v) is 8.97. The van der Waals surface area contributed by atoms with Gasteiger partial charge in [-0.3, -0.25) is 0 Å². The summed E-state index contributed by atoms with van der Waals surface area (Å²) in [7, 11) is 0. The minimum absolute atomic E-state index is 1.09. The van der Waals surface area contributed by atoms with Gasteiger partial charge in [-0.1, -0.05) is 45.4 Å². The highest BCUT2D eigenvalue weighted by Crippen LogP contribution is 2.08. The van der Waals surface area contributed by atoms with E-state index in [1.54, 1.807) is 0 Å². The molecule has 1 N–H and O–H groups in total. The van der Waals surface area contributed by atoms with Gasteiger partial charge in [0.1, 0.15) is 5.82 Å². The maximum Gasteiger partial charge on any atom is 0.105 e. The van der Waals surface area contributed by atoms with E-state index in [-0.39, 0.29) is 0 Å². The molecular weight excluding hydrogens is 172 g/mol. The van der Waals surface area contributed by atoms with Gasteiger partial charge in [-0.05, 0) is 6.42 Å². The average Bonchev–Trinajstić information content (AvgIpc) is 2.69. The molecular formula is C12H21N2. The highest BCUT2D eigenvalue weighted by molar-refractivity contribution is 4.86. The lowest BCUT2D eigenvalue weighted by Crippen LogP contribution is -1.88. The molecule has 1 radical (unpaired) electrons. The number of aryl methyl sites for hydroxylation is 1. The second-order valence-corrected chi connectivity index (χ2v) is 3.76. The van der Waals surface area contributed by atoms with Gasteiger partial charge in [0.05, 0.1) is 0 Å². The van der Waals surface area contributed by atoms with Crippen LogP contribution in [-0.4, -0.2) is 9.97 Å². The molecule has 79 valence electrons. The van der Waals surface area contributed by atoms with Crippen molar-refractivity contribution in [1.82, 2.24) is 9.97 Å². The summed E-state index contributed by atoms with van der Waals surface area (Å²) in [6.07, 6.45) is 13.9. The van der Waals surface area contributed by atoms with E-state index in [1.807, 2.05) is 12.4 Å².